The Hall–Kier alpha value is -5.33. The van der Waals surface area contributed by atoms with Gasteiger partial charge >= 0.3 is 6.03 Å². The van der Waals surface area contributed by atoms with E-state index in [0.717, 1.165) is 40.7 Å². The molecule has 0 saturated carbocycles. The van der Waals surface area contributed by atoms with Crippen LogP contribution in [-0.2, 0) is 4.74 Å². The Kier molecular flexibility index (Phi) is 7.57. The molecule has 6 aromatic rings. The number of fused-ring (bicyclic) bond motifs is 1. The lowest BCUT2D eigenvalue weighted by molar-refractivity contribution is 0.122. The molecule has 12 heteroatoms. The van der Waals surface area contributed by atoms with Crippen LogP contribution >= 0.6 is 11.3 Å². The number of ether oxygens (including phenoxy) is 1. The van der Waals surface area contributed by atoms with Crippen LogP contribution in [0.4, 0.5) is 37.9 Å². The van der Waals surface area contributed by atoms with E-state index in [-0.39, 0.29) is 5.69 Å². The molecule has 1 aliphatic rings. The highest BCUT2D eigenvalue weighted by atomic mass is 32.1. The van der Waals surface area contributed by atoms with Crippen LogP contribution in [0.15, 0.2) is 96.6 Å². The van der Waals surface area contributed by atoms with Crippen molar-refractivity contribution >= 4 is 51.0 Å². The number of carbonyl (C=O) groups is 1. The Morgan fingerprint density at radius 2 is 1.75 bits per heavy atom. The first kappa shape index (κ1) is 27.5. The number of benzene rings is 3. The molecule has 3 aromatic carbocycles. The maximum atomic E-state index is 14.0. The number of carbonyl (C=O) groups excluding carboxylic acids is 1. The normalized spacial score (nSPS) is 13.2. The topological polar surface area (TPSA) is 109 Å². The molecule has 7 rings (SSSR count). The van der Waals surface area contributed by atoms with Gasteiger partial charge < -0.3 is 25.6 Å². The summed E-state index contributed by atoms with van der Waals surface area (Å²) in [6, 6.07) is 22.8. The number of nitrogens with zero attached hydrogens (tertiary/aromatic N) is 5. The van der Waals surface area contributed by atoms with Crippen LogP contribution in [0.5, 0.6) is 0 Å². The number of nitrogens with one attached hydrogen (secondary N) is 3. The summed E-state index contributed by atoms with van der Waals surface area (Å²) in [6.45, 7) is 3.13. The van der Waals surface area contributed by atoms with Gasteiger partial charge in [-0.05, 0) is 48.5 Å². The van der Waals surface area contributed by atoms with E-state index in [4.69, 9.17) is 14.7 Å². The number of urea groups is 1. The number of thiazole rings is 1. The minimum atomic E-state index is -0.553. The third kappa shape index (κ3) is 5.80. The van der Waals surface area contributed by atoms with Gasteiger partial charge in [0.15, 0.2) is 4.96 Å². The van der Waals surface area contributed by atoms with Crippen molar-refractivity contribution in [2.45, 2.75) is 0 Å². The number of aromatic nitrogens is 4. The zero-order valence-electron chi connectivity index (χ0n) is 23.4. The van der Waals surface area contributed by atoms with E-state index >= 15 is 0 Å². The molecule has 1 saturated heterocycles. The van der Waals surface area contributed by atoms with Crippen molar-refractivity contribution < 1.29 is 13.9 Å². The number of imidazole rings is 1. The second-order valence-corrected chi connectivity index (χ2v) is 10.9. The molecule has 1 fully saturated rings. The van der Waals surface area contributed by atoms with Gasteiger partial charge in [-0.2, -0.15) is 0 Å². The van der Waals surface area contributed by atoms with E-state index in [1.54, 1.807) is 24.4 Å². The van der Waals surface area contributed by atoms with E-state index in [0.29, 0.717) is 36.2 Å². The number of hydrogen-bond donors (Lipinski definition) is 3. The highest BCUT2D eigenvalue weighted by molar-refractivity contribution is 7.15. The molecule has 0 bridgehead atoms. The first-order valence-electron chi connectivity index (χ1n) is 14.0. The summed E-state index contributed by atoms with van der Waals surface area (Å²) in [5.74, 6) is -0.0550. The van der Waals surface area contributed by atoms with E-state index < -0.39 is 11.8 Å². The highest BCUT2D eigenvalue weighted by Crippen LogP contribution is 2.35. The van der Waals surface area contributed by atoms with Crippen LogP contribution in [0.3, 0.4) is 0 Å². The van der Waals surface area contributed by atoms with Gasteiger partial charge in [-0.3, -0.25) is 4.40 Å². The number of morpholine rings is 1. The number of rotatable bonds is 7. The lowest BCUT2D eigenvalue weighted by Gasteiger charge is -2.29. The third-order valence-corrected chi connectivity index (χ3v) is 7.91. The summed E-state index contributed by atoms with van der Waals surface area (Å²) in [4.78, 5) is 30.0. The van der Waals surface area contributed by atoms with Crippen LogP contribution in [0.25, 0.3) is 27.6 Å². The fourth-order valence-electron chi connectivity index (χ4n) is 5.11. The standard InChI is InChI=1S/C32H27FN8O2S/c33-25-9-1-2-10-26(25)38-31(42)36-22-6-3-5-21(19-22)28-29(41-15-18-44-32(41)39-28)27-11-12-34-30(37-27)35-23-7-4-8-24(20-23)40-13-16-43-17-14-40/h1-12,15,18-20H,13-14,16-17H2,(H,34,35,37)(H2,36,38,42). The summed E-state index contributed by atoms with van der Waals surface area (Å²) < 4.78 is 21.5. The maximum absolute atomic E-state index is 14.0. The number of hydrogen-bond acceptors (Lipinski definition) is 8. The average molecular weight is 607 g/mol. The van der Waals surface area contributed by atoms with Gasteiger partial charge in [0.1, 0.15) is 11.5 Å². The number of amides is 2. The Balaban J connectivity index is 1.16. The smallest absolute Gasteiger partial charge is 0.323 e. The largest absolute Gasteiger partial charge is 0.378 e. The molecule has 1 aliphatic heterocycles. The van der Waals surface area contributed by atoms with E-state index in [9.17, 15) is 9.18 Å². The molecule has 2 amide bonds. The molecule has 4 heterocycles. The molecule has 0 unspecified atom stereocenters. The molecular formula is C32H27FN8O2S. The predicted octanol–water partition coefficient (Wildman–Crippen LogP) is 6.88. The van der Waals surface area contributed by atoms with Crippen molar-refractivity contribution in [1.82, 2.24) is 19.4 Å². The van der Waals surface area contributed by atoms with Crippen molar-refractivity contribution in [3.05, 3.63) is 102 Å². The number of anilines is 5. The van der Waals surface area contributed by atoms with Crippen LogP contribution in [0.2, 0.25) is 0 Å². The first-order valence-corrected chi connectivity index (χ1v) is 14.9. The predicted molar refractivity (Wildman–Crippen MR) is 171 cm³/mol. The molecule has 3 N–H and O–H groups in total. The number of halogens is 1. The van der Waals surface area contributed by atoms with Crippen molar-refractivity contribution in [3.63, 3.8) is 0 Å². The molecule has 10 nitrogen and oxygen atoms in total. The zero-order valence-corrected chi connectivity index (χ0v) is 24.2. The Labute approximate surface area is 256 Å². The summed E-state index contributed by atoms with van der Waals surface area (Å²) in [6.07, 6.45) is 3.67. The molecule has 0 radical (unpaired) electrons. The molecule has 44 heavy (non-hydrogen) atoms. The van der Waals surface area contributed by atoms with E-state index in [1.807, 2.05) is 52.4 Å². The van der Waals surface area contributed by atoms with Crippen molar-refractivity contribution in [2.75, 3.05) is 47.2 Å². The fourth-order valence-corrected chi connectivity index (χ4v) is 5.82. The Bertz CT molecular complexity index is 1950. The van der Waals surface area contributed by atoms with E-state index in [1.165, 1.54) is 23.5 Å². The first-order chi connectivity index (χ1) is 21.6. The van der Waals surface area contributed by atoms with Crippen LogP contribution < -0.4 is 20.9 Å². The maximum Gasteiger partial charge on any atom is 0.323 e. The van der Waals surface area contributed by atoms with Gasteiger partial charge in [0.05, 0.1) is 30.3 Å². The van der Waals surface area contributed by atoms with Crippen molar-refractivity contribution in [2.24, 2.45) is 0 Å². The zero-order chi connectivity index (χ0) is 29.9. The summed E-state index contributed by atoms with van der Waals surface area (Å²) in [5.41, 5.74) is 5.59. The van der Waals surface area contributed by atoms with Crippen molar-refractivity contribution in [3.8, 4) is 22.6 Å². The minimum absolute atomic E-state index is 0.0961. The van der Waals surface area contributed by atoms with Gasteiger partial charge in [-0.25, -0.2) is 24.1 Å². The Morgan fingerprint density at radius 1 is 0.909 bits per heavy atom. The van der Waals surface area contributed by atoms with Crippen LogP contribution in [0, 0.1) is 5.82 Å². The van der Waals surface area contributed by atoms with Gasteiger partial charge in [-0.15, -0.1) is 11.3 Å². The third-order valence-electron chi connectivity index (χ3n) is 7.15. The molecule has 3 aromatic heterocycles. The lowest BCUT2D eigenvalue weighted by Crippen LogP contribution is -2.36. The Morgan fingerprint density at radius 3 is 2.64 bits per heavy atom. The lowest BCUT2D eigenvalue weighted by atomic mass is 10.1. The highest BCUT2D eigenvalue weighted by Gasteiger charge is 2.19. The minimum Gasteiger partial charge on any atom is -0.378 e. The monoisotopic (exact) mass is 606 g/mol. The second kappa shape index (κ2) is 12.1. The van der Waals surface area contributed by atoms with Gasteiger partial charge in [0.25, 0.3) is 0 Å². The summed E-state index contributed by atoms with van der Waals surface area (Å²) >= 11 is 1.52. The average Bonchev–Trinajstić information content (AvgIpc) is 3.65. The molecular weight excluding hydrogens is 579 g/mol. The summed E-state index contributed by atoms with van der Waals surface area (Å²) in [7, 11) is 0. The van der Waals surface area contributed by atoms with Crippen molar-refractivity contribution in [1.29, 1.82) is 0 Å². The van der Waals surface area contributed by atoms with Crippen LogP contribution in [0.1, 0.15) is 0 Å². The fraction of sp³-hybridized carbons (Fsp3) is 0.125. The SMILES string of the molecule is O=C(Nc1cccc(-c2nc3sccn3c2-c2ccnc(Nc3cccc(N4CCOCC4)c3)n2)c1)Nc1ccccc1F. The van der Waals surface area contributed by atoms with E-state index in [2.05, 4.69) is 38.0 Å². The van der Waals surface area contributed by atoms with Crippen LogP contribution in [-0.4, -0.2) is 51.7 Å². The van der Waals surface area contributed by atoms with Gasteiger partial charge in [0.2, 0.25) is 5.95 Å². The second-order valence-electron chi connectivity index (χ2n) is 10.0. The number of para-hydroxylation sites is 1. The summed E-state index contributed by atoms with van der Waals surface area (Å²) in [5, 5.41) is 10.7. The van der Waals surface area contributed by atoms with Gasteiger partial charge in [0, 0.05) is 53.5 Å². The quantitative estimate of drug-likeness (QED) is 0.182. The molecule has 220 valence electrons. The molecule has 0 atom stereocenters. The molecule has 0 spiro atoms. The van der Waals surface area contributed by atoms with Gasteiger partial charge in [-0.1, -0.05) is 30.3 Å². The molecule has 0 aliphatic carbocycles.